The molecule has 166 valence electrons. The smallest absolute Gasteiger partial charge is 0.253 e. The molecule has 4 rings (SSSR count). The van der Waals surface area contributed by atoms with Gasteiger partial charge in [0, 0.05) is 37.2 Å². The number of halogens is 1. The molecule has 2 amide bonds. The minimum Gasteiger partial charge on any atom is -0.444 e. The fourth-order valence-corrected chi connectivity index (χ4v) is 3.86. The van der Waals surface area contributed by atoms with E-state index in [2.05, 4.69) is 10.3 Å². The van der Waals surface area contributed by atoms with E-state index >= 15 is 0 Å². The fraction of sp³-hybridized carbons (Fsp3) is 0.320. The van der Waals surface area contributed by atoms with Crippen molar-refractivity contribution in [2.45, 2.75) is 26.2 Å². The summed E-state index contributed by atoms with van der Waals surface area (Å²) in [5.74, 6) is -0.310. The van der Waals surface area contributed by atoms with E-state index in [0.29, 0.717) is 37.5 Å². The number of nitrogens with zero attached hydrogens (tertiary/aromatic N) is 2. The summed E-state index contributed by atoms with van der Waals surface area (Å²) in [5.41, 5.74) is 3.29. The Morgan fingerprint density at radius 2 is 1.91 bits per heavy atom. The number of benzene rings is 2. The lowest BCUT2D eigenvalue weighted by Crippen LogP contribution is -2.45. The lowest BCUT2D eigenvalue weighted by molar-refractivity contribution is -0.126. The summed E-state index contributed by atoms with van der Waals surface area (Å²) in [7, 11) is 0. The summed E-state index contributed by atoms with van der Waals surface area (Å²) >= 11 is 0. The van der Waals surface area contributed by atoms with Crippen molar-refractivity contribution in [2.75, 3.05) is 19.6 Å². The van der Waals surface area contributed by atoms with Crippen molar-refractivity contribution >= 4 is 11.8 Å². The van der Waals surface area contributed by atoms with Crippen LogP contribution in [0.1, 0.15) is 34.5 Å². The molecule has 6 nitrogen and oxygen atoms in total. The molecule has 1 saturated heterocycles. The molecule has 1 fully saturated rings. The number of hydrogen-bond acceptors (Lipinski definition) is 4. The van der Waals surface area contributed by atoms with E-state index in [-0.39, 0.29) is 23.5 Å². The number of likely N-dealkylation sites (tertiary alicyclic amines) is 1. The number of amides is 2. The number of hydrogen-bond donors (Lipinski definition) is 1. The van der Waals surface area contributed by atoms with Crippen LogP contribution in [-0.2, 0) is 11.2 Å². The van der Waals surface area contributed by atoms with Gasteiger partial charge in [0.2, 0.25) is 11.8 Å². The van der Waals surface area contributed by atoms with Crippen molar-refractivity contribution in [2.24, 2.45) is 5.92 Å². The SMILES string of the molecule is Cc1ccc(-c2nc(CCNC(=O)C3CCCN(C(=O)c4ccc(F)cc4)C3)co2)cc1. The standard InChI is InChI=1S/C25H26FN3O3/c1-17-4-6-18(7-5-17)24-28-22(16-32-24)12-13-27-23(30)20-3-2-14-29(15-20)25(31)19-8-10-21(26)11-9-19/h4-11,16,20H,2-3,12-15H2,1H3,(H,27,30). The summed E-state index contributed by atoms with van der Waals surface area (Å²) in [6, 6.07) is 13.4. The van der Waals surface area contributed by atoms with Crippen LogP contribution in [0.2, 0.25) is 0 Å². The Labute approximate surface area is 186 Å². The molecule has 1 aliphatic rings. The third-order valence-corrected chi connectivity index (χ3v) is 5.70. The Bertz CT molecular complexity index is 1080. The van der Waals surface area contributed by atoms with Crippen LogP contribution in [-0.4, -0.2) is 41.3 Å². The first-order valence-corrected chi connectivity index (χ1v) is 10.8. The van der Waals surface area contributed by atoms with E-state index in [4.69, 9.17) is 4.42 Å². The first kappa shape index (κ1) is 21.7. The molecule has 0 saturated carbocycles. The highest BCUT2D eigenvalue weighted by Crippen LogP contribution is 2.20. The fourth-order valence-electron chi connectivity index (χ4n) is 3.86. The van der Waals surface area contributed by atoms with Gasteiger partial charge >= 0.3 is 0 Å². The van der Waals surface area contributed by atoms with Gasteiger partial charge in [0.05, 0.1) is 11.6 Å². The van der Waals surface area contributed by atoms with Crippen LogP contribution >= 0.6 is 0 Å². The molecule has 2 heterocycles. The van der Waals surface area contributed by atoms with E-state index in [1.165, 1.54) is 29.8 Å². The number of carbonyl (C=O) groups is 2. The second-order valence-corrected chi connectivity index (χ2v) is 8.15. The quantitative estimate of drug-likeness (QED) is 0.635. The van der Waals surface area contributed by atoms with E-state index in [0.717, 1.165) is 24.1 Å². The zero-order chi connectivity index (χ0) is 22.5. The molecule has 0 aliphatic carbocycles. The summed E-state index contributed by atoms with van der Waals surface area (Å²) in [6.45, 7) is 3.43. The topological polar surface area (TPSA) is 75.4 Å². The lowest BCUT2D eigenvalue weighted by atomic mass is 9.96. The minimum atomic E-state index is -0.379. The molecule has 3 aromatic rings. The zero-order valence-corrected chi connectivity index (χ0v) is 18.0. The minimum absolute atomic E-state index is 0.0659. The van der Waals surface area contributed by atoms with Gasteiger partial charge in [-0.3, -0.25) is 9.59 Å². The van der Waals surface area contributed by atoms with Crippen LogP contribution in [0, 0.1) is 18.7 Å². The van der Waals surface area contributed by atoms with Crippen molar-refractivity contribution in [3.63, 3.8) is 0 Å². The molecule has 0 bridgehead atoms. The van der Waals surface area contributed by atoms with Gasteiger partial charge in [-0.05, 0) is 56.2 Å². The predicted molar refractivity (Wildman–Crippen MR) is 118 cm³/mol. The first-order chi connectivity index (χ1) is 15.5. The number of aryl methyl sites for hydroxylation is 1. The molecule has 1 aliphatic heterocycles. The molecule has 1 N–H and O–H groups in total. The van der Waals surface area contributed by atoms with Crippen molar-refractivity contribution in [3.8, 4) is 11.5 Å². The van der Waals surface area contributed by atoms with Gasteiger partial charge < -0.3 is 14.6 Å². The number of nitrogens with one attached hydrogen (secondary N) is 1. The van der Waals surface area contributed by atoms with Gasteiger partial charge in [-0.1, -0.05) is 17.7 Å². The number of piperidine rings is 1. The van der Waals surface area contributed by atoms with Crippen molar-refractivity contribution < 1.29 is 18.4 Å². The van der Waals surface area contributed by atoms with Gasteiger partial charge in [0.25, 0.3) is 5.91 Å². The number of carbonyl (C=O) groups excluding carboxylic acids is 2. The summed E-state index contributed by atoms with van der Waals surface area (Å²) in [4.78, 5) is 31.5. The molecule has 7 heteroatoms. The first-order valence-electron chi connectivity index (χ1n) is 10.8. The van der Waals surface area contributed by atoms with E-state index in [1.54, 1.807) is 11.2 Å². The van der Waals surface area contributed by atoms with E-state index < -0.39 is 0 Å². The van der Waals surface area contributed by atoms with Crippen LogP contribution < -0.4 is 5.32 Å². The number of aromatic nitrogens is 1. The third kappa shape index (κ3) is 5.22. The Morgan fingerprint density at radius 1 is 1.16 bits per heavy atom. The Kier molecular flexibility index (Phi) is 6.63. The molecule has 1 unspecified atom stereocenters. The van der Waals surface area contributed by atoms with Gasteiger partial charge in [0.1, 0.15) is 12.1 Å². The molecule has 1 atom stereocenters. The maximum Gasteiger partial charge on any atom is 0.253 e. The van der Waals surface area contributed by atoms with E-state index in [1.807, 2.05) is 31.2 Å². The van der Waals surface area contributed by atoms with Gasteiger partial charge in [-0.2, -0.15) is 0 Å². The van der Waals surface area contributed by atoms with Gasteiger partial charge in [-0.15, -0.1) is 0 Å². The highest BCUT2D eigenvalue weighted by atomic mass is 19.1. The molecule has 1 aromatic heterocycles. The van der Waals surface area contributed by atoms with Crippen LogP contribution in [0.4, 0.5) is 4.39 Å². The van der Waals surface area contributed by atoms with Crippen LogP contribution in [0.15, 0.2) is 59.2 Å². The van der Waals surface area contributed by atoms with Gasteiger partial charge in [-0.25, -0.2) is 9.37 Å². The molecule has 32 heavy (non-hydrogen) atoms. The zero-order valence-electron chi connectivity index (χ0n) is 18.0. The van der Waals surface area contributed by atoms with Crippen LogP contribution in [0.5, 0.6) is 0 Å². The molecule has 0 radical (unpaired) electrons. The maximum atomic E-state index is 13.1. The monoisotopic (exact) mass is 435 g/mol. The maximum absolute atomic E-state index is 13.1. The summed E-state index contributed by atoms with van der Waals surface area (Å²) in [6.07, 6.45) is 3.67. The van der Waals surface area contributed by atoms with Crippen molar-refractivity contribution in [1.82, 2.24) is 15.2 Å². The molecule has 0 spiro atoms. The van der Waals surface area contributed by atoms with E-state index in [9.17, 15) is 14.0 Å². The third-order valence-electron chi connectivity index (χ3n) is 5.70. The van der Waals surface area contributed by atoms with Crippen LogP contribution in [0.25, 0.3) is 11.5 Å². The predicted octanol–water partition coefficient (Wildman–Crippen LogP) is 4.00. The second-order valence-electron chi connectivity index (χ2n) is 8.15. The number of rotatable bonds is 6. The molecular weight excluding hydrogens is 409 g/mol. The van der Waals surface area contributed by atoms with Gasteiger partial charge in [0.15, 0.2) is 0 Å². The molecular formula is C25H26FN3O3. The molecule has 2 aromatic carbocycles. The lowest BCUT2D eigenvalue weighted by Gasteiger charge is -2.32. The Hall–Kier alpha value is -3.48. The largest absolute Gasteiger partial charge is 0.444 e. The number of oxazole rings is 1. The summed E-state index contributed by atoms with van der Waals surface area (Å²) < 4.78 is 18.7. The Balaban J connectivity index is 1.27. The highest BCUT2D eigenvalue weighted by Gasteiger charge is 2.28. The highest BCUT2D eigenvalue weighted by molar-refractivity contribution is 5.94. The average Bonchev–Trinajstić information content (AvgIpc) is 3.28. The summed E-state index contributed by atoms with van der Waals surface area (Å²) in [5, 5.41) is 2.96. The average molecular weight is 435 g/mol. The second kappa shape index (κ2) is 9.77. The Morgan fingerprint density at radius 3 is 2.66 bits per heavy atom. The van der Waals surface area contributed by atoms with Crippen LogP contribution in [0.3, 0.4) is 0 Å². The van der Waals surface area contributed by atoms with Crippen molar-refractivity contribution in [3.05, 3.63) is 77.4 Å². The normalized spacial score (nSPS) is 16.1. The van der Waals surface area contributed by atoms with Crippen molar-refractivity contribution in [1.29, 1.82) is 0 Å².